The van der Waals surface area contributed by atoms with Crippen molar-refractivity contribution in [3.63, 3.8) is 0 Å². The van der Waals surface area contributed by atoms with Gasteiger partial charge in [0.15, 0.2) is 12.1 Å². The van der Waals surface area contributed by atoms with Crippen molar-refractivity contribution in [3.8, 4) is 0 Å². The molecule has 110 valence electrons. The van der Waals surface area contributed by atoms with E-state index in [9.17, 15) is 10.2 Å². The van der Waals surface area contributed by atoms with E-state index in [-0.39, 0.29) is 6.10 Å². The number of hydrogen-bond acceptors (Lipinski definition) is 6. The normalized spacial score (nSPS) is 45.9. The van der Waals surface area contributed by atoms with Crippen LogP contribution in [0.3, 0.4) is 0 Å². The van der Waals surface area contributed by atoms with Crippen molar-refractivity contribution in [2.45, 2.75) is 68.6 Å². The average molecular weight is 274 g/mol. The fourth-order valence-corrected chi connectivity index (χ4v) is 3.27. The molecular formula is C13H22O6. The summed E-state index contributed by atoms with van der Waals surface area (Å²) in [7, 11) is 1.44. The van der Waals surface area contributed by atoms with Gasteiger partial charge >= 0.3 is 0 Å². The van der Waals surface area contributed by atoms with Crippen LogP contribution in [-0.2, 0) is 18.9 Å². The van der Waals surface area contributed by atoms with Crippen LogP contribution in [0, 0.1) is 0 Å². The molecule has 0 aromatic heterocycles. The zero-order valence-corrected chi connectivity index (χ0v) is 11.2. The van der Waals surface area contributed by atoms with Crippen LogP contribution in [0.2, 0.25) is 0 Å². The standard InChI is InChI=1S/C13H22O6/c1-16-12-10(15)9(14)11(18-12)8-7-17-13(19-8)5-3-2-4-6-13/h8-12,14-15H,2-7H2,1H3/t8-,9+,10-,11-,12+/m1/s1. The highest BCUT2D eigenvalue weighted by Gasteiger charge is 2.52. The molecule has 2 saturated heterocycles. The largest absolute Gasteiger partial charge is 0.387 e. The number of rotatable bonds is 2. The van der Waals surface area contributed by atoms with E-state index in [1.807, 2.05) is 0 Å². The highest BCUT2D eigenvalue weighted by Crippen LogP contribution is 2.40. The predicted molar refractivity (Wildman–Crippen MR) is 64.3 cm³/mol. The first kappa shape index (κ1) is 13.7. The van der Waals surface area contributed by atoms with Crippen molar-refractivity contribution in [3.05, 3.63) is 0 Å². The van der Waals surface area contributed by atoms with Crippen molar-refractivity contribution < 1.29 is 29.2 Å². The summed E-state index contributed by atoms with van der Waals surface area (Å²) >= 11 is 0. The molecule has 1 saturated carbocycles. The number of hydrogen-bond donors (Lipinski definition) is 2. The maximum Gasteiger partial charge on any atom is 0.186 e. The second kappa shape index (κ2) is 5.27. The summed E-state index contributed by atoms with van der Waals surface area (Å²) in [6.07, 6.45) is 1.42. The second-order valence-corrected chi connectivity index (χ2v) is 5.62. The minimum atomic E-state index is -1.04. The van der Waals surface area contributed by atoms with E-state index in [2.05, 4.69) is 0 Å². The molecule has 2 aliphatic heterocycles. The van der Waals surface area contributed by atoms with Crippen LogP contribution in [-0.4, -0.2) is 60.4 Å². The Bertz CT molecular complexity index is 316. The van der Waals surface area contributed by atoms with Gasteiger partial charge in [-0.15, -0.1) is 0 Å². The number of aliphatic hydroxyl groups is 2. The highest BCUT2D eigenvalue weighted by atomic mass is 16.8. The molecule has 6 nitrogen and oxygen atoms in total. The van der Waals surface area contributed by atoms with E-state index in [1.165, 1.54) is 13.5 Å². The van der Waals surface area contributed by atoms with Gasteiger partial charge in [-0.2, -0.15) is 0 Å². The SMILES string of the molecule is CO[C@H]1O[C@H]([C@H]2COC3(CCCCC3)O2)[C@@H](O)[C@H]1O. The third kappa shape index (κ3) is 2.41. The zero-order valence-electron chi connectivity index (χ0n) is 11.2. The molecule has 0 aromatic rings. The van der Waals surface area contributed by atoms with Crippen LogP contribution in [0.25, 0.3) is 0 Å². The van der Waals surface area contributed by atoms with Crippen LogP contribution in [0.4, 0.5) is 0 Å². The van der Waals surface area contributed by atoms with Gasteiger partial charge in [0.25, 0.3) is 0 Å². The van der Waals surface area contributed by atoms with Gasteiger partial charge in [0.05, 0.1) is 6.61 Å². The lowest BCUT2D eigenvalue weighted by molar-refractivity contribution is -0.210. The maximum atomic E-state index is 10.0. The van der Waals surface area contributed by atoms with E-state index in [4.69, 9.17) is 18.9 Å². The summed E-state index contributed by atoms with van der Waals surface area (Å²) in [5.41, 5.74) is 0. The van der Waals surface area contributed by atoms with E-state index in [0.29, 0.717) is 6.61 Å². The molecular weight excluding hydrogens is 252 g/mol. The highest BCUT2D eigenvalue weighted by molar-refractivity contribution is 4.95. The van der Waals surface area contributed by atoms with Crippen LogP contribution in [0.1, 0.15) is 32.1 Å². The lowest BCUT2D eigenvalue weighted by Gasteiger charge is -2.32. The fraction of sp³-hybridized carbons (Fsp3) is 1.00. The molecule has 0 unspecified atom stereocenters. The molecule has 0 radical (unpaired) electrons. The van der Waals surface area contributed by atoms with Gasteiger partial charge in [0.2, 0.25) is 0 Å². The van der Waals surface area contributed by atoms with Crippen LogP contribution < -0.4 is 0 Å². The van der Waals surface area contributed by atoms with Crippen molar-refractivity contribution in [1.29, 1.82) is 0 Å². The molecule has 1 spiro atoms. The summed E-state index contributed by atoms with van der Waals surface area (Å²) in [6, 6.07) is 0. The van der Waals surface area contributed by atoms with Gasteiger partial charge in [-0.25, -0.2) is 0 Å². The van der Waals surface area contributed by atoms with E-state index in [1.54, 1.807) is 0 Å². The predicted octanol–water partition coefficient (Wildman–Crippen LogP) is 0.155. The molecule has 19 heavy (non-hydrogen) atoms. The number of aliphatic hydroxyl groups excluding tert-OH is 2. The third-order valence-electron chi connectivity index (χ3n) is 4.35. The quantitative estimate of drug-likeness (QED) is 0.746. The Morgan fingerprint density at radius 1 is 1.11 bits per heavy atom. The van der Waals surface area contributed by atoms with E-state index in [0.717, 1.165) is 25.7 Å². The first-order valence-electron chi connectivity index (χ1n) is 7.01. The number of ether oxygens (including phenoxy) is 4. The summed E-state index contributed by atoms with van der Waals surface area (Å²) in [5, 5.41) is 19.8. The van der Waals surface area contributed by atoms with E-state index >= 15 is 0 Å². The van der Waals surface area contributed by atoms with Gasteiger partial charge < -0.3 is 29.2 Å². The lowest BCUT2D eigenvalue weighted by Crippen LogP contribution is -2.42. The molecule has 0 bridgehead atoms. The fourth-order valence-electron chi connectivity index (χ4n) is 3.27. The summed E-state index contributed by atoms with van der Waals surface area (Å²) in [4.78, 5) is 0. The monoisotopic (exact) mass is 274 g/mol. The van der Waals surface area contributed by atoms with Gasteiger partial charge in [-0.1, -0.05) is 6.42 Å². The summed E-state index contributed by atoms with van der Waals surface area (Å²) in [5.74, 6) is -0.498. The molecule has 0 amide bonds. The van der Waals surface area contributed by atoms with Crippen molar-refractivity contribution in [1.82, 2.24) is 0 Å². The van der Waals surface area contributed by atoms with Crippen molar-refractivity contribution in [2.75, 3.05) is 13.7 Å². The Morgan fingerprint density at radius 2 is 1.84 bits per heavy atom. The Morgan fingerprint density at radius 3 is 2.47 bits per heavy atom. The Labute approximate surface area is 112 Å². The molecule has 1 aliphatic carbocycles. The van der Waals surface area contributed by atoms with Crippen LogP contribution in [0.5, 0.6) is 0 Å². The minimum Gasteiger partial charge on any atom is -0.387 e. The van der Waals surface area contributed by atoms with Crippen molar-refractivity contribution >= 4 is 0 Å². The molecule has 2 heterocycles. The molecule has 3 aliphatic rings. The van der Waals surface area contributed by atoms with Gasteiger partial charge in [0, 0.05) is 20.0 Å². The molecule has 3 fully saturated rings. The second-order valence-electron chi connectivity index (χ2n) is 5.62. The molecule has 5 atom stereocenters. The van der Waals surface area contributed by atoms with Crippen LogP contribution in [0.15, 0.2) is 0 Å². The molecule has 6 heteroatoms. The van der Waals surface area contributed by atoms with E-state index < -0.39 is 30.4 Å². The summed E-state index contributed by atoms with van der Waals surface area (Å²) < 4.78 is 22.4. The summed E-state index contributed by atoms with van der Waals surface area (Å²) in [6.45, 7) is 0.394. The smallest absolute Gasteiger partial charge is 0.186 e. The van der Waals surface area contributed by atoms with Gasteiger partial charge in [-0.3, -0.25) is 0 Å². The Kier molecular flexibility index (Phi) is 3.81. The Balaban J connectivity index is 1.64. The maximum absolute atomic E-state index is 10.0. The lowest BCUT2D eigenvalue weighted by atomic mass is 9.94. The molecule has 0 aromatic carbocycles. The topological polar surface area (TPSA) is 77.4 Å². The van der Waals surface area contributed by atoms with Crippen LogP contribution >= 0.6 is 0 Å². The Hall–Kier alpha value is -0.240. The van der Waals surface area contributed by atoms with Crippen molar-refractivity contribution in [2.24, 2.45) is 0 Å². The first-order chi connectivity index (χ1) is 9.15. The minimum absolute atomic E-state index is 0.345. The third-order valence-corrected chi connectivity index (χ3v) is 4.35. The zero-order chi connectivity index (χ0) is 13.5. The molecule has 3 rings (SSSR count). The average Bonchev–Trinajstić information content (AvgIpc) is 2.95. The first-order valence-corrected chi connectivity index (χ1v) is 7.01. The van der Waals surface area contributed by atoms with Gasteiger partial charge in [-0.05, 0) is 12.8 Å². The van der Waals surface area contributed by atoms with Gasteiger partial charge in [0.1, 0.15) is 24.4 Å². The number of methoxy groups -OCH3 is 1. The molecule has 2 N–H and O–H groups in total.